The fourth-order valence-electron chi connectivity index (χ4n) is 5.88. The molecule has 0 fully saturated rings. The molecular weight excluding hydrogens is 448 g/mol. The summed E-state index contributed by atoms with van der Waals surface area (Å²) in [6.07, 6.45) is 43.3. The molecule has 0 saturated heterocycles. The number of aryl methyl sites for hydroxylation is 2. The molecule has 0 bridgehead atoms. The lowest BCUT2D eigenvalue weighted by Gasteiger charge is -2.06. The van der Waals surface area contributed by atoms with Gasteiger partial charge in [0.1, 0.15) is 12.4 Å². The van der Waals surface area contributed by atoms with Gasteiger partial charge in [0.2, 0.25) is 0 Å². The molecule has 0 aliphatic rings. The topological polar surface area (TPSA) is 8.81 Å². The van der Waals surface area contributed by atoms with E-state index in [0.29, 0.717) is 0 Å². The molecule has 0 radical (unpaired) electrons. The van der Waals surface area contributed by atoms with E-state index in [1.54, 1.807) is 5.82 Å². The largest absolute Gasteiger partial charge is 0.256 e. The second-order valence-electron chi connectivity index (χ2n) is 11.9. The van der Waals surface area contributed by atoms with Crippen LogP contribution in [0.3, 0.4) is 0 Å². The van der Waals surface area contributed by atoms with E-state index < -0.39 is 0 Å². The normalized spacial score (nSPS) is 11.5. The highest BCUT2D eigenvalue weighted by Crippen LogP contribution is 2.15. The van der Waals surface area contributed by atoms with Crippen molar-refractivity contribution >= 4 is 0 Å². The van der Waals surface area contributed by atoms with E-state index in [2.05, 4.69) is 42.3 Å². The van der Waals surface area contributed by atoms with Crippen molar-refractivity contribution in [2.24, 2.45) is 0 Å². The maximum absolute atomic E-state index is 2.57. The molecule has 1 rings (SSSR count). The Morgan fingerprint density at radius 1 is 0.459 bits per heavy atom. The smallest absolute Gasteiger partial charge is 0.235 e. The minimum atomic E-state index is 1.11. The highest BCUT2D eigenvalue weighted by molar-refractivity contribution is 4.83. The SMILES string of the molecule is CCCCCCCCCCCCCCCCCC[n+]1ccn(CC)c1CCCCCCCCCCCC. The summed E-state index contributed by atoms with van der Waals surface area (Å²) in [6.45, 7) is 9.23. The molecule has 37 heavy (non-hydrogen) atoms. The van der Waals surface area contributed by atoms with E-state index in [9.17, 15) is 0 Å². The zero-order chi connectivity index (χ0) is 26.7. The highest BCUT2D eigenvalue weighted by atomic mass is 15.1. The van der Waals surface area contributed by atoms with Gasteiger partial charge >= 0.3 is 0 Å². The third-order valence-corrected chi connectivity index (χ3v) is 8.44. The molecule has 0 spiro atoms. The van der Waals surface area contributed by atoms with Gasteiger partial charge in [-0.15, -0.1) is 0 Å². The first-order valence-electron chi connectivity index (χ1n) is 17.4. The van der Waals surface area contributed by atoms with E-state index in [1.807, 2.05) is 0 Å². The lowest BCUT2D eigenvalue weighted by molar-refractivity contribution is -0.704. The number of hydrogen-bond acceptors (Lipinski definition) is 0. The van der Waals surface area contributed by atoms with Crippen molar-refractivity contribution in [3.63, 3.8) is 0 Å². The zero-order valence-corrected chi connectivity index (χ0v) is 26.1. The molecule has 0 atom stereocenters. The van der Waals surface area contributed by atoms with Gasteiger partial charge in [0.05, 0.1) is 13.1 Å². The van der Waals surface area contributed by atoms with Crippen molar-refractivity contribution in [3.8, 4) is 0 Å². The van der Waals surface area contributed by atoms with Crippen LogP contribution >= 0.6 is 0 Å². The summed E-state index contributed by atoms with van der Waals surface area (Å²) in [6, 6.07) is 0. The molecule has 1 aromatic rings. The van der Waals surface area contributed by atoms with Crippen LogP contribution in [0.5, 0.6) is 0 Å². The van der Waals surface area contributed by atoms with Gasteiger partial charge in [-0.05, 0) is 26.2 Å². The molecule has 0 aromatic carbocycles. The zero-order valence-electron chi connectivity index (χ0n) is 26.1. The van der Waals surface area contributed by atoms with Crippen LogP contribution < -0.4 is 4.57 Å². The predicted molar refractivity (Wildman–Crippen MR) is 165 cm³/mol. The lowest BCUT2D eigenvalue weighted by Crippen LogP contribution is -2.37. The molecule has 0 saturated carbocycles. The molecule has 1 aromatic heterocycles. The molecule has 0 N–H and O–H groups in total. The van der Waals surface area contributed by atoms with E-state index in [4.69, 9.17) is 0 Å². The number of imidazole rings is 1. The molecule has 218 valence electrons. The predicted octanol–water partition coefficient (Wildman–Crippen LogP) is 11.5. The van der Waals surface area contributed by atoms with Crippen molar-refractivity contribution in [2.45, 2.75) is 207 Å². The van der Waals surface area contributed by atoms with Crippen LogP contribution in [-0.4, -0.2) is 4.57 Å². The molecule has 0 aliphatic carbocycles. The Labute approximate surface area is 234 Å². The Morgan fingerprint density at radius 3 is 1.19 bits per heavy atom. The summed E-state index contributed by atoms with van der Waals surface area (Å²) in [4.78, 5) is 0. The molecule has 0 unspecified atom stereocenters. The standard InChI is InChI=1S/C35H69N2/c1-4-7-9-11-13-15-17-18-19-20-21-22-24-26-28-30-32-37-34-33-36(6-3)35(37)31-29-27-25-23-16-14-12-10-8-5-2/h33-34H,4-32H2,1-3H3/q+1. The van der Waals surface area contributed by atoms with Crippen LogP contribution in [0.4, 0.5) is 0 Å². The number of aromatic nitrogens is 2. The molecule has 2 nitrogen and oxygen atoms in total. The Balaban J connectivity index is 1.99. The van der Waals surface area contributed by atoms with Gasteiger partial charge in [-0.1, -0.05) is 162 Å². The number of nitrogens with zero attached hydrogens (tertiary/aromatic N) is 2. The number of rotatable bonds is 29. The van der Waals surface area contributed by atoms with Crippen LogP contribution in [-0.2, 0) is 19.5 Å². The average molecular weight is 518 g/mol. The Bertz CT molecular complexity index is 576. The van der Waals surface area contributed by atoms with Gasteiger partial charge in [0, 0.05) is 6.42 Å². The van der Waals surface area contributed by atoms with Crippen LogP contribution in [0.25, 0.3) is 0 Å². The maximum atomic E-state index is 2.57. The monoisotopic (exact) mass is 518 g/mol. The molecule has 2 heteroatoms. The van der Waals surface area contributed by atoms with Crippen LogP contribution in [0.2, 0.25) is 0 Å². The minimum absolute atomic E-state index is 1.11. The van der Waals surface area contributed by atoms with Crippen molar-refractivity contribution in [1.29, 1.82) is 0 Å². The Kier molecular flexibility index (Phi) is 24.8. The first kappa shape index (κ1) is 34.2. The third kappa shape index (κ3) is 19.9. The Morgan fingerprint density at radius 2 is 0.811 bits per heavy atom. The van der Waals surface area contributed by atoms with Gasteiger partial charge < -0.3 is 0 Å². The summed E-state index contributed by atoms with van der Waals surface area (Å²) in [5.41, 5.74) is 0. The molecular formula is C35H69N2+. The van der Waals surface area contributed by atoms with Gasteiger partial charge in [-0.25, -0.2) is 9.13 Å². The lowest BCUT2D eigenvalue weighted by atomic mass is 10.0. The minimum Gasteiger partial charge on any atom is -0.235 e. The quantitative estimate of drug-likeness (QED) is 0.0737. The summed E-state index contributed by atoms with van der Waals surface area (Å²) in [7, 11) is 0. The molecule has 0 amide bonds. The summed E-state index contributed by atoms with van der Waals surface area (Å²) >= 11 is 0. The van der Waals surface area contributed by atoms with Crippen molar-refractivity contribution < 1.29 is 4.57 Å². The molecule has 1 heterocycles. The first-order valence-corrected chi connectivity index (χ1v) is 17.4. The summed E-state index contributed by atoms with van der Waals surface area (Å²) in [5, 5.41) is 0. The van der Waals surface area contributed by atoms with Gasteiger partial charge in [0.15, 0.2) is 0 Å². The number of unbranched alkanes of at least 4 members (excludes halogenated alkanes) is 24. The second-order valence-corrected chi connectivity index (χ2v) is 11.9. The fourth-order valence-corrected chi connectivity index (χ4v) is 5.88. The van der Waals surface area contributed by atoms with Crippen molar-refractivity contribution in [3.05, 3.63) is 18.2 Å². The average Bonchev–Trinajstić information content (AvgIpc) is 3.31. The highest BCUT2D eigenvalue weighted by Gasteiger charge is 2.15. The van der Waals surface area contributed by atoms with E-state index >= 15 is 0 Å². The van der Waals surface area contributed by atoms with Gasteiger partial charge in [-0.2, -0.15) is 0 Å². The summed E-state index contributed by atoms with van der Waals surface area (Å²) in [5.74, 6) is 1.57. The van der Waals surface area contributed by atoms with Crippen LogP contribution in [0, 0.1) is 0 Å². The summed E-state index contributed by atoms with van der Waals surface area (Å²) < 4.78 is 5.06. The first-order chi connectivity index (χ1) is 18.3. The van der Waals surface area contributed by atoms with E-state index in [-0.39, 0.29) is 0 Å². The number of hydrogen-bond donors (Lipinski definition) is 0. The Hall–Kier alpha value is -0.790. The third-order valence-electron chi connectivity index (χ3n) is 8.44. The van der Waals surface area contributed by atoms with Crippen LogP contribution in [0.15, 0.2) is 12.4 Å². The van der Waals surface area contributed by atoms with Crippen molar-refractivity contribution in [1.82, 2.24) is 4.57 Å². The van der Waals surface area contributed by atoms with Gasteiger partial charge in [-0.3, -0.25) is 0 Å². The van der Waals surface area contributed by atoms with E-state index in [0.717, 1.165) is 6.54 Å². The second kappa shape index (κ2) is 26.8. The van der Waals surface area contributed by atoms with Gasteiger partial charge in [0.25, 0.3) is 5.82 Å². The fraction of sp³-hybridized carbons (Fsp3) is 0.914. The van der Waals surface area contributed by atoms with E-state index in [1.165, 1.54) is 180 Å². The van der Waals surface area contributed by atoms with Crippen LogP contribution in [0.1, 0.15) is 194 Å². The maximum Gasteiger partial charge on any atom is 0.256 e. The van der Waals surface area contributed by atoms with Crippen molar-refractivity contribution in [2.75, 3.05) is 0 Å². The molecule has 0 aliphatic heterocycles.